The molecule has 2 aromatic rings. The number of alkyl halides is 2. The van der Waals surface area contributed by atoms with Gasteiger partial charge in [0.1, 0.15) is 5.78 Å². The molecule has 0 aliphatic heterocycles. The van der Waals surface area contributed by atoms with E-state index in [1.165, 1.54) is 0 Å². The third-order valence-corrected chi connectivity index (χ3v) is 6.30. The third-order valence-electron chi connectivity index (χ3n) is 3.56. The quantitative estimate of drug-likeness (QED) is 0.376. The molecule has 0 saturated heterocycles. The summed E-state index contributed by atoms with van der Waals surface area (Å²) in [4.78, 5) is 13.1. The molecule has 5 heteroatoms. The van der Waals surface area contributed by atoms with Gasteiger partial charge in [-0.05, 0) is 23.3 Å². The summed E-state index contributed by atoms with van der Waals surface area (Å²) in [6.07, 6.45) is 0. The van der Waals surface area contributed by atoms with Crippen molar-refractivity contribution in [2.45, 2.75) is 11.8 Å². The molecule has 0 radical (unpaired) electrons. The second-order valence-electron chi connectivity index (χ2n) is 4.86. The molecule has 2 atom stereocenters. The van der Waals surface area contributed by atoms with Crippen molar-refractivity contribution in [2.75, 3.05) is 10.7 Å². The fraction of sp³-hybridized carbons (Fsp3) is 0.235. The van der Waals surface area contributed by atoms with E-state index in [0.29, 0.717) is 10.7 Å². The first-order chi connectivity index (χ1) is 10.6. The van der Waals surface area contributed by atoms with E-state index in [1.807, 2.05) is 48.5 Å². The minimum Gasteiger partial charge on any atom is -0.298 e. The highest BCUT2D eigenvalue weighted by molar-refractivity contribution is 9.11. The number of benzene rings is 2. The third kappa shape index (κ3) is 4.11. The number of hydrogen-bond acceptors (Lipinski definition) is 1. The molecule has 116 valence electrons. The Hall–Kier alpha value is 0.0300. The molecule has 2 aromatic carbocycles. The molecule has 2 rings (SSSR count). The van der Waals surface area contributed by atoms with Crippen LogP contribution in [0.15, 0.2) is 57.5 Å². The molecule has 0 fully saturated rings. The second-order valence-corrected chi connectivity index (χ2v) is 7.86. The molecule has 0 spiro atoms. The van der Waals surface area contributed by atoms with Gasteiger partial charge in [-0.3, -0.25) is 4.79 Å². The standard InChI is InChI=1S/C17H14Br4O/c18-9-13(11-5-1-3-7-15(11)20)17(22)14(10-19)12-6-2-4-8-16(12)21/h1-8,13-14H,9-10H2. The highest BCUT2D eigenvalue weighted by Gasteiger charge is 2.30. The van der Waals surface area contributed by atoms with Gasteiger partial charge in [-0.2, -0.15) is 0 Å². The van der Waals surface area contributed by atoms with Crippen LogP contribution in [0.1, 0.15) is 23.0 Å². The van der Waals surface area contributed by atoms with Gasteiger partial charge in [0.15, 0.2) is 0 Å². The summed E-state index contributed by atoms with van der Waals surface area (Å²) in [5.41, 5.74) is 2.03. The van der Waals surface area contributed by atoms with Gasteiger partial charge in [0.25, 0.3) is 0 Å². The van der Waals surface area contributed by atoms with Crippen molar-refractivity contribution in [3.05, 3.63) is 68.6 Å². The predicted molar refractivity (Wildman–Crippen MR) is 106 cm³/mol. The Bertz CT molecular complexity index is 601. The fourth-order valence-electron chi connectivity index (χ4n) is 2.38. The van der Waals surface area contributed by atoms with Crippen LogP contribution in [0, 0.1) is 0 Å². The normalized spacial score (nSPS) is 13.6. The lowest BCUT2D eigenvalue weighted by Crippen LogP contribution is -2.23. The number of hydrogen-bond donors (Lipinski definition) is 0. The van der Waals surface area contributed by atoms with Crippen molar-refractivity contribution in [3.63, 3.8) is 0 Å². The Labute approximate surface area is 164 Å². The van der Waals surface area contributed by atoms with Gasteiger partial charge >= 0.3 is 0 Å². The highest BCUT2D eigenvalue weighted by Crippen LogP contribution is 2.35. The van der Waals surface area contributed by atoms with E-state index in [0.717, 1.165) is 20.1 Å². The molecule has 0 amide bonds. The van der Waals surface area contributed by atoms with Gasteiger partial charge in [-0.15, -0.1) is 0 Å². The van der Waals surface area contributed by atoms with E-state index in [2.05, 4.69) is 63.7 Å². The first-order valence-corrected chi connectivity index (χ1v) is 10.6. The van der Waals surface area contributed by atoms with E-state index in [4.69, 9.17) is 0 Å². The smallest absolute Gasteiger partial charge is 0.149 e. The molecule has 0 N–H and O–H groups in total. The van der Waals surface area contributed by atoms with Crippen LogP contribution in [0.2, 0.25) is 0 Å². The fourth-order valence-corrected chi connectivity index (χ4v) is 4.84. The summed E-state index contributed by atoms with van der Waals surface area (Å²) in [7, 11) is 0. The SMILES string of the molecule is O=C(C(CBr)c1ccccc1Br)C(CBr)c1ccccc1Br. The van der Waals surface area contributed by atoms with Gasteiger partial charge in [-0.25, -0.2) is 0 Å². The monoisotopic (exact) mass is 550 g/mol. The Morgan fingerprint density at radius 3 is 1.45 bits per heavy atom. The molecule has 2 unspecified atom stereocenters. The van der Waals surface area contributed by atoms with Crippen molar-refractivity contribution >= 4 is 69.5 Å². The lowest BCUT2D eigenvalue weighted by atomic mass is 9.86. The minimum atomic E-state index is -0.190. The van der Waals surface area contributed by atoms with Crippen molar-refractivity contribution in [3.8, 4) is 0 Å². The number of carbonyl (C=O) groups excluding carboxylic acids is 1. The zero-order valence-electron chi connectivity index (χ0n) is 11.6. The summed E-state index contributed by atoms with van der Waals surface area (Å²) in [6, 6.07) is 15.8. The molecule has 0 saturated carbocycles. The maximum atomic E-state index is 13.1. The lowest BCUT2D eigenvalue weighted by Gasteiger charge is -2.22. The Morgan fingerprint density at radius 1 is 0.773 bits per heavy atom. The molecule has 0 aromatic heterocycles. The predicted octanol–water partition coefficient (Wildman–Crippen LogP) is 6.44. The molecule has 0 aliphatic carbocycles. The van der Waals surface area contributed by atoms with Crippen molar-refractivity contribution in [2.24, 2.45) is 0 Å². The van der Waals surface area contributed by atoms with Crippen molar-refractivity contribution < 1.29 is 4.79 Å². The van der Waals surface area contributed by atoms with Crippen LogP contribution in [0.3, 0.4) is 0 Å². The largest absolute Gasteiger partial charge is 0.298 e. The Balaban J connectivity index is 2.39. The van der Waals surface area contributed by atoms with Crippen LogP contribution < -0.4 is 0 Å². The number of ketones is 1. The van der Waals surface area contributed by atoms with Crippen LogP contribution in [0.25, 0.3) is 0 Å². The Kier molecular flexibility index (Phi) is 7.32. The van der Waals surface area contributed by atoms with Crippen molar-refractivity contribution in [1.29, 1.82) is 0 Å². The number of carbonyl (C=O) groups is 1. The molecule has 1 nitrogen and oxygen atoms in total. The molecule has 22 heavy (non-hydrogen) atoms. The van der Waals surface area contributed by atoms with Crippen LogP contribution in [0.5, 0.6) is 0 Å². The van der Waals surface area contributed by atoms with Crippen LogP contribution in [-0.4, -0.2) is 16.4 Å². The van der Waals surface area contributed by atoms with Gasteiger partial charge in [0, 0.05) is 19.6 Å². The van der Waals surface area contributed by atoms with E-state index in [9.17, 15) is 4.79 Å². The van der Waals surface area contributed by atoms with E-state index in [-0.39, 0.29) is 17.6 Å². The van der Waals surface area contributed by atoms with Crippen molar-refractivity contribution in [1.82, 2.24) is 0 Å². The number of halogens is 4. The van der Waals surface area contributed by atoms with Gasteiger partial charge < -0.3 is 0 Å². The van der Waals surface area contributed by atoms with Gasteiger partial charge in [0.05, 0.1) is 11.8 Å². The van der Waals surface area contributed by atoms with E-state index in [1.54, 1.807) is 0 Å². The average molecular weight is 554 g/mol. The second kappa shape index (κ2) is 8.76. The summed E-state index contributed by atoms with van der Waals surface area (Å²) < 4.78 is 1.93. The minimum absolute atomic E-state index is 0.190. The van der Waals surface area contributed by atoms with Crippen LogP contribution in [-0.2, 0) is 4.79 Å². The highest BCUT2D eigenvalue weighted by atomic mass is 79.9. The summed E-state index contributed by atoms with van der Waals surface area (Å²) in [6.45, 7) is 0. The summed E-state index contributed by atoms with van der Waals surface area (Å²) in [5.74, 6) is -0.178. The van der Waals surface area contributed by atoms with E-state index < -0.39 is 0 Å². The zero-order valence-corrected chi connectivity index (χ0v) is 18.0. The zero-order chi connectivity index (χ0) is 16.1. The average Bonchev–Trinajstić information content (AvgIpc) is 2.52. The van der Waals surface area contributed by atoms with E-state index >= 15 is 0 Å². The van der Waals surface area contributed by atoms with Gasteiger partial charge in [0.2, 0.25) is 0 Å². The summed E-state index contributed by atoms with van der Waals surface area (Å²) >= 11 is 14.1. The Morgan fingerprint density at radius 2 is 1.14 bits per heavy atom. The molecule has 0 bridgehead atoms. The number of rotatable bonds is 6. The molecule has 0 heterocycles. The first kappa shape index (κ1) is 18.4. The topological polar surface area (TPSA) is 17.1 Å². The lowest BCUT2D eigenvalue weighted by molar-refractivity contribution is -0.121. The van der Waals surface area contributed by atoms with Gasteiger partial charge in [-0.1, -0.05) is 100 Å². The van der Waals surface area contributed by atoms with Crippen LogP contribution in [0.4, 0.5) is 0 Å². The summed E-state index contributed by atoms with van der Waals surface area (Å²) in [5, 5.41) is 1.20. The number of Topliss-reactive ketones (excluding diaryl/α,β-unsaturated/α-hetero) is 1. The molecular weight excluding hydrogens is 540 g/mol. The molecule has 0 aliphatic rings. The maximum absolute atomic E-state index is 13.1. The first-order valence-electron chi connectivity index (χ1n) is 6.74. The molecular formula is C17H14Br4O. The maximum Gasteiger partial charge on any atom is 0.149 e. The van der Waals surface area contributed by atoms with Crippen LogP contribution >= 0.6 is 63.7 Å².